The van der Waals surface area contributed by atoms with Gasteiger partial charge in [-0.1, -0.05) is 27.7 Å². The van der Waals surface area contributed by atoms with Crippen LogP contribution in [0.3, 0.4) is 0 Å². The van der Waals surface area contributed by atoms with E-state index in [0.717, 1.165) is 12.0 Å². The van der Waals surface area contributed by atoms with Gasteiger partial charge in [0.2, 0.25) is 0 Å². The Hall–Kier alpha value is -0.0800. The van der Waals surface area contributed by atoms with Crippen LogP contribution in [0.4, 0.5) is 0 Å². The third-order valence-electron chi connectivity index (χ3n) is 4.46. The highest BCUT2D eigenvalue weighted by Crippen LogP contribution is 2.39. The molecular weight excluding hydrogens is 220 g/mol. The van der Waals surface area contributed by atoms with Crippen LogP contribution in [-0.4, -0.2) is 37.6 Å². The molecule has 0 amide bonds. The van der Waals surface area contributed by atoms with Crippen LogP contribution >= 0.6 is 0 Å². The molecule has 1 aliphatic rings. The second kappa shape index (κ2) is 7.49. The molecule has 1 fully saturated rings. The first-order chi connectivity index (χ1) is 8.52. The van der Waals surface area contributed by atoms with Gasteiger partial charge >= 0.3 is 0 Å². The summed E-state index contributed by atoms with van der Waals surface area (Å²) in [6.45, 7) is 13.3. The summed E-state index contributed by atoms with van der Waals surface area (Å²) < 4.78 is 0. The van der Waals surface area contributed by atoms with Crippen LogP contribution in [0.25, 0.3) is 0 Å². The number of rotatable bonds is 7. The van der Waals surface area contributed by atoms with E-state index >= 15 is 0 Å². The van der Waals surface area contributed by atoms with E-state index in [-0.39, 0.29) is 0 Å². The Balaban J connectivity index is 2.58. The van der Waals surface area contributed by atoms with Crippen LogP contribution in [0, 0.1) is 11.3 Å². The zero-order chi connectivity index (χ0) is 13.6. The number of hydrogen-bond donors (Lipinski definition) is 1. The Bertz CT molecular complexity index is 219. The lowest BCUT2D eigenvalue weighted by molar-refractivity contribution is 0.103. The van der Waals surface area contributed by atoms with Gasteiger partial charge in [-0.2, -0.15) is 0 Å². The van der Waals surface area contributed by atoms with Gasteiger partial charge in [0.15, 0.2) is 0 Å². The Morgan fingerprint density at radius 2 is 1.78 bits per heavy atom. The molecule has 0 heterocycles. The predicted octanol–water partition coefficient (Wildman–Crippen LogP) is 3.52. The minimum absolute atomic E-state index is 0.544. The van der Waals surface area contributed by atoms with E-state index in [9.17, 15) is 0 Å². The molecule has 1 rings (SSSR count). The average Bonchev–Trinajstić information content (AvgIpc) is 2.29. The van der Waals surface area contributed by atoms with E-state index < -0.39 is 0 Å². The van der Waals surface area contributed by atoms with E-state index in [1.165, 1.54) is 51.7 Å². The lowest BCUT2D eigenvalue weighted by Crippen LogP contribution is -2.46. The van der Waals surface area contributed by atoms with Crippen molar-refractivity contribution >= 4 is 0 Å². The maximum atomic E-state index is 3.55. The van der Waals surface area contributed by atoms with Crippen molar-refractivity contribution in [2.75, 3.05) is 26.7 Å². The molecule has 0 bridgehead atoms. The molecule has 0 aromatic rings. The van der Waals surface area contributed by atoms with E-state index in [2.05, 4.69) is 45.0 Å². The molecule has 0 aromatic heterocycles. The third-order valence-corrected chi connectivity index (χ3v) is 4.46. The van der Waals surface area contributed by atoms with E-state index in [1.807, 2.05) is 0 Å². The Labute approximate surface area is 115 Å². The summed E-state index contributed by atoms with van der Waals surface area (Å²) in [4.78, 5) is 2.68. The highest BCUT2D eigenvalue weighted by molar-refractivity contribution is 4.89. The molecule has 108 valence electrons. The minimum atomic E-state index is 0.544. The molecule has 1 saturated carbocycles. The summed E-state index contributed by atoms with van der Waals surface area (Å²) in [6.07, 6.45) is 6.65. The second-order valence-corrected chi connectivity index (χ2v) is 6.86. The lowest BCUT2D eigenvalue weighted by Gasteiger charge is -2.42. The van der Waals surface area contributed by atoms with E-state index in [0.29, 0.717) is 5.41 Å². The molecule has 2 atom stereocenters. The fourth-order valence-corrected chi connectivity index (χ4v) is 3.57. The zero-order valence-corrected chi connectivity index (χ0v) is 13.3. The molecular formula is C16H34N2. The number of nitrogens with zero attached hydrogens (tertiary/aromatic N) is 1. The summed E-state index contributed by atoms with van der Waals surface area (Å²) in [5.41, 5.74) is 0.544. The monoisotopic (exact) mass is 254 g/mol. The molecule has 2 heteroatoms. The van der Waals surface area contributed by atoms with Gasteiger partial charge in [0.05, 0.1) is 0 Å². The van der Waals surface area contributed by atoms with Crippen molar-refractivity contribution in [2.45, 2.75) is 65.8 Å². The smallest absolute Gasteiger partial charge is 0.0105 e. The first-order valence-corrected chi connectivity index (χ1v) is 7.92. The molecule has 0 radical (unpaired) electrons. The first kappa shape index (κ1) is 16.0. The first-order valence-electron chi connectivity index (χ1n) is 7.92. The molecule has 0 aromatic carbocycles. The van der Waals surface area contributed by atoms with Crippen LogP contribution in [-0.2, 0) is 0 Å². The lowest BCUT2D eigenvalue weighted by atomic mass is 9.69. The molecule has 0 aliphatic heterocycles. The van der Waals surface area contributed by atoms with Gasteiger partial charge in [-0.25, -0.2) is 0 Å². The van der Waals surface area contributed by atoms with Crippen molar-refractivity contribution in [3.05, 3.63) is 0 Å². The molecule has 1 N–H and O–H groups in total. The average molecular weight is 254 g/mol. The minimum Gasteiger partial charge on any atom is -0.317 e. The van der Waals surface area contributed by atoms with Gasteiger partial charge in [-0.15, -0.1) is 0 Å². The number of nitrogens with one attached hydrogen (secondary N) is 1. The fraction of sp³-hybridized carbons (Fsp3) is 1.00. The molecule has 1 aliphatic carbocycles. The van der Waals surface area contributed by atoms with Crippen LogP contribution in [0.5, 0.6) is 0 Å². The SMILES string of the molecule is CCCN(CCC)CC1CC(C)(C)CCC1NC. The number of hydrogen-bond acceptors (Lipinski definition) is 2. The van der Waals surface area contributed by atoms with Gasteiger partial charge in [0, 0.05) is 12.6 Å². The van der Waals surface area contributed by atoms with Crippen LogP contribution in [0.15, 0.2) is 0 Å². The fourth-order valence-electron chi connectivity index (χ4n) is 3.57. The summed E-state index contributed by atoms with van der Waals surface area (Å²) in [5, 5.41) is 3.55. The van der Waals surface area contributed by atoms with Gasteiger partial charge in [-0.3, -0.25) is 0 Å². The summed E-state index contributed by atoms with van der Waals surface area (Å²) in [6, 6.07) is 0.731. The molecule has 2 nitrogen and oxygen atoms in total. The highest BCUT2D eigenvalue weighted by Gasteiger charge is 2.34. The topological polar surface area (TPSA) is 15.3 Å². The summed E-state index contributed by atoms with van der Waals surface area (Å²) in [5.74, 6) is 0.830. The summed E-state index contributed by atoms with van der Waals surface area (Å²) >= 11 is 0. The Morgan fingerprint density at radius 1 is 1.17 bits per heavy atom. The Kier molecular flexibility index (Phi) is 6.65. The van der Waals surface area contributed by atoms with Crippen molar-refractivity contribution < 1.29 is 0 Å². The largest absolute Gasteiger partial charge is 0.317 e. The van der Waals surface area contributed by atoms with Gasteiger partial charge in [0.25, 0.3) is 0 Å². The van der Waals surface area contributed by atoms with Crippen molar-refractivity contribution in [1.82, 2.24) is 10.2 Å². The van der Waals surface area contributed by atoms with E-state index in [4.69, 9.17) is 0 Å². The predicted molar refractivity (Wildman–Crippen MR) is 81.0 cm³/mol. The van der Waals surface area contributed by atoms with Crippen LogP contribution in [0.2, 0.25) is 0 Å². The second-order valence-electron chi connectivity index (χ2n) is 6.86. The van der Waals surface area contributed by atoms with E-state index in [1.54, 1.807) is 0 Å². The van der Waals surface area contributed by atoms with Crippen molar-refractivity contribution in [3.8, 4) is 0 Å². The third kappa shape index (κ3) is 4.89. The zero-order valence-electron chi connectivity index (χ0n) is 13.3. The van der Waals surface area contributed by atoms with Gasteiger partial charge in [-0.05, 0) is 63.6 Å². The van der Waals surface area contributed by atoms with Crippen molar-refractivity contribution in [2.24, 2.45) is 11.3 Å². The molecule has 2 unspecified atom stereocenters. The molecule has 0 spiro atoms. The highest BCUT2D eigenvalue weighted by atomic mass is 15.1. The van der Waals surface area contributed by atoms with Crippen molar-refractivity contribution in [1.29, 1.82) is 0 Å². The van der Waals surface area contributed by atoms with Gasteiger partial charge in [0.1, 0.15) is 0 Å². The van der Waals surface area contributed by atoms with Gasteiger partial charge < -0.3 is 10.2 Å². The standard InChI is InChI=1S/C16H34N2/c1-6-10-18(11-7-2)13-14-12-16(3,4)9-8-15(14)17-5/h14-15,17H,6-13H2,1-5H3. The summed E-state index contributed by atoms with van der Waals surface area (Å²) in [7, 11) is 2.14. The normalized spacial score (nSPS) is 27.7. The maximum absolute atomic E-state index is 3.55. The quantitative estimate of drug-likeness (QED) is 0.748. The maximum Gasteiger partial charge on any atom is 0.0105 e. The van der Waals surface area contributed by atoms with Crippen LogP contribution in [0.1, 0.15) is 59.8 Å². The molecule has 0 saturated heterocycles. The molecule has 18 heavy (non-hydrogen) atoms. The van der Waals surface area contributed by atoms with Crippen molar-refractivity contribution in [3.63, 3.8) is 0 Å². The van der Waals surface area contributed by atoms with Crippen LogP contribution < -0.4 is 5.32 Å². The Morgan fingerprint density at radius 3 is 2.28 bits per heavy atom.